The van der Waals surface area contributed by atoms with Crippen molar-refractivity contribution < 1.29 is 19.0 Å². The molecule has 1 aliphatic rings. The van der Waals surface area contributed by atoms with Crippen LogP contribution < -0.4 is 9.47 Å². The summed E-state index contributed by atoms with van der Waals surface area (Å²) >= 11 is 5.96. The Kier molecular flexibility index (Phi) is 4.95. The van der Waals surface area contributed by atoms with E-state index < -0.39 is 6.10 Å². The number of halogens is 1. The number of cyclic esters (lactones) is 1. The molecule has 0 saturated heterocycles. The normalized spacial score (nSPS) is 16.3. The van der Waals surface area contributed by atoms with Crippen molar-refractivity contribution in [3.8, 4) is 11.5 Å². The number of carbonyl (C=O) groups is 1. The molecule has 126 valence electrons. The second kappa shape index (κ2) is 7.14. The highest BCUT2D eigenvalue weighted by Crippen LogP contribution is 2.40. The molecule has 2 aromatic carbocycles. The van der Waals surface area contributed by atoms with Gasteiger partial charge in [-0.15, -0.1) is 0 Å². The lowest BCUT2D eigenvalue weighted by molar-refractivity contribution is -0.148. The van der Waals surface area contributed by atoms with Crippen molar-refractivity contribution in [2.45, 2.75) is 26.4 Å². The van der Waals surface area contributed by atoms with Crippen LogP contribution in [0.25, 0.3) is 0 Å². The summed E-state index contributed by atoms with van der Waals surface area (Å²) in [4.78, 5) is 12.0. The first kappa shape index (κ1) is 16.7. The van der Waals surface area contributed by atoms with Gasteiger partial charge in [0.15, 0.2) is 17.6 Å². The Balaban J connectivity index is 2.08. The average Bonchev–Trinajstić information content (AvgIpc) is 2.56. The summed E-state index contributed by atoms with van der Waals surface area (Å²) in [5.41, 5.74) is 2.70. The van der Waals surface area contributed by atoms with E-state index in [0.717, 1.165) is 16.7 Å². The van der Waals surface area contributed by atoms with Gasteiger partial charge in [-0.25, -0.2) is 0 Å². The van der Waals surface area contributed by atoms with E-state index in [-0.39, 0.29) is 12.4 Å². The zero-order valence-electron chi connectivity index (χ0n) is 13.7. The number of hydrogen-bond acceptors (Lipinski definition) is 4. The van der Waals surface area contributed by atoms with Gasteiger partial charge in [0.05, 0.1) is 19.6 Å². The van der Waals surface area contributed by atoms with Gasteiger partial charge in [0.2, 0.25) is 0 Å². The van der Waals surface area contributed by atoms with Crippen molar-refractivity contribution in [2.24, 2.45) is 0 Å². The fraction of sp³-hybridized carbons (Fsp3) is 0.316. The SMILES string of the molecule is CCOc1cc2c(cc1OCC)[C@@H](c1ccc(Cl)cc1)OC(=O)C2. The second-order valence-electron chi connectivity index (χ2n) is 5.46. The highest BCUT2D eigenvalue weighted by atomic mass is 35.5. The minimum atomic E-state index is -0.464. The molecule has 1 aliphatic heterocycles. The first-order valence-electron chi connectivity index (χ1n) is 7.99. The van der Waals surface area contributed by atoms with E-state index in [1.807, 2.05) is 38.1 Å². The van der Waals surface area contributed by atoms with Gasteiger partial charge in [-0.3, -0.25) is 4.79 Å². The molecule has 0 spiro atoms. The number of benzene rings is 2. The van der Waals surface area contributed by atoms with E-state index in [2.05, 4.69) is 0 Å². The third-order valence-electron chi connectivity index (χ3n) is 3.84. The largest absolute Gasteiger partial charge is 0.490 e. The van der Waals surface area contributed by atoms with E-state index in [1.54, 1.807) is 12.1 Å². The van der Waals surface area contributed by atoms with Crippen LogP contribution in [0.1, 0.15) is 36.6 Å². The Morgan fingerprint density at radius 3 is 2.33 bits per heavy atom. The van der Waals surface area contributed by atoms with E-state index in [0.29, 0.717) is 29.7 Å². The molecule has 0 radical (unpaired) electrons. The Morgan fingerprint density at radius 2 is 1.71 bits per heavy atom. The standard InChI is InChI=1S/C19H19ClO4/c1-3-22-16-9-13-10-18(21)24-19(12-5-7-14(20)8-6-12)15(13)11-17(16)23-4-2/h5-9,11,19H,3-4,10H2,1-2H3/t19-/m1/s1. The van der Waals surface area contributed by atoms with Crippen LogP contribution in [0.4, 0.5) is 0 Å². The molecule has 0 unspecified atom stereocenters. The first-order chi connectivity index (χ1) is 11.6. The molecule has 4 nitrogen and oxygen atoms in total. The molecular weight excluding hydrogens is 328 g/mol. The summed E-state index contributed by atoms with van der Waals surface area (Å²) in [5.74, 6) is 1.06. The van der Waals surface area contributed by atoms with Crippen LogP contribution in [0.15, 0.2) is 36.4 Å². The van der Waals surface area contributed by atoms with Crippen molar-refractivity contribution in [2.75, 3.05) is 13.2 Å². The van der Waals surface area contributed by atoms with Gasteiger partial charge in [0.1, 0.15) is 0 Å². The lowest BCUT2D eigenvalue weighted by atomic mass is 9.92. The molecule has 3 rings (SSSR count). The topological polar surface area (TPSA) is 44.8 Å². The summed E-state index contributed by atoms with van der Waals surface area (Å²) in [7, 11) is 0. The van der Waals surface area contributed by atoms with Gasteiger partial charge < -0.3 is 14.2 Å². The van der Waals surface area contributed by atoms with Gasteiger partial charge in [-0.2, -0.15) is 0 Å². The lowest BCUT2D eigenvalue weighted by Crippen LogP contribution is -2.22. The molecular formula is C19H19ClO4. The van der Waals surface area contributed by atoms with E-state index >= 15 is 0 Å². The number of rotatable bonds is 5. The van der Waals surface area contributed by atoms with E-state index in [1.165, 1.54) is 0 Å². The first-order valence-corrected chi connectivity index (χ1v) is 8.37. The van der Waals surface area contributed by atoms with Crippen LogP contribution in [0.3, 0.4) is 0 Å². The summed E-state index contributed by atoms with van der Waals surface area (Å²) in [5, 5.41) is 0.641. The van der Waals surface area contributed by atoms with E-state index in [9.17, 15) is 4.79 Å². The maximum Gasteiger partial charge on any atom is 0.311 e. The molecule has 0 amide bonds. The van der Waals surface area contributed by atoms with Crippen LogP contribution in [0.2, 0.25) is 5.02 Å². The predicted octanol–water partition coefficient (Wildman–Crippen LogP) is 4.33. The average molecular weight is 347 g/mol. The minimum Gasteiger partial charge on any atom is -0.490 e. The maximum atomic E-state index is 12.0. The van der Waals surface area contributed by atoms with Crippen molar-refractivity contribution >= 4 is 17.6 Å². The van der Waals surface area contributed by atoms with Crippen molar-refractivity contribution in [3.05, 3.63) is 58.1 Å². The number of fused-ring (bicyclic) bond motifs is 1. The van der Waals surface area contributed by atoms with Gasteiger partial charge in [-0.05, 0) is 49.2 Å². The number of hydrogen-bond donors (Lipinski definition) is 0. The zero-order chi connectivity index (χ0) is 17.1. The highest BCUT2D eigenvalue weighted by molar-refractivity contribution is 6.30. The molecule has 2 aromatic rings. The quantitative estimate of drug-likeness (QED) is 0.756. The van der Waals surface area contributed by atoms with Gasteiger partial charge in [-0.1, -0.05) is 23.7 Å². The lowest BCUT2D eigenvalue weighted by Gasteiger charge is -2.27. The third-order valence-corrected chi connectivity index (χ3v) is 4.10. The highest BCUT2D eigenvalue weighted by Gasteiger charge is 2.30. The van der Waals surface area contributed by atoms with Crippen molar-refractivity contribution in [1.82, 2.24) is 0 Å². The van der Waals surface area contributed by atoms with Crippen molar-refractivity contribution in [1.29, 1.82) is 0 Å². The van der Waals surface area contributed by atoms with Gasteiger partial charge >= 0.3 is 5.97 Å². The summed E-state index contributed by atoms with van der Waals surface area (Å²) in [6.45, 7) is 4.90. The molecule has 1 atom stereocenters. The Bertz CT molecular complexity index is 740. The molecule has 0 aromatic heterocycles. The smallest absolute Gasteiger partial charge is 0.311 e. The number of ether oxygens (including phenoxy) is 3. The number of esters is 1. The Hall–Kier alpha value is -2.20. The van der Waals surface area contributed by atoms with Crippen LogP contribution in [-0.2, 0) is 16.0 Å². The summed E-state index contributed by atoms with van der Waals surface area (Å²) < 4.78 is 16.9. The third kappa shape index (κ3) is 3.34. The summed E-state index contributed by atoms with van der Waals surface area (Å²) in [6, 6.07) is 11.1. The second-order valence-corrected chi connectivity index (χ2v) is 5.90. The summed E-state index contributed by atoms with van der Waals surface area (Å²) in [6.07, 6.45) is -0.236. The van der Waals surface area contributed by atoms with Gasteiger partial charge in [0.25, 0.3) is 0 Å². The maximum absolute atomic E-state index is 12.0. The molecule has 5 heteroatoms. The van der Waals surface area contributed by atoms with Crippen LogP contribution in [0, 0.1) is 0 Å². The van der Waals surface area contributed by atoms with Crippen LogP contribution in [-0.4, -0.2) is 19.2 Å². The van der Waals surface area contributed by atoms with E-state index in [4.69, 9.17) is 25.8 Å². The number of carbonyl (C=O) groups excluding carboxylic acids is 1. The minimum absolute atomic E-state index is 0.228. The Labute approximate surface area is 146 Å². The zero-order valence-corrected chi connectivity index (χ0v) is 14.4. The van der Waals surface area contributed by atoms with Gasteiger partial charge in [0, 0.05) is 10.6 Å². The predicted molar refractivity (Wildman–Crippen MR) is 91.9 cm³/mol. The van der Waals surface area contributed by atoms with Crippen LogP contribution in [0.5, 0.6) is 11.5 Å². The van der Waals surface area contributed by atoms with Crippen LogP contribution >= 0.6 is 11.6 Å². The van der Waals surface area contributed by atoms with Crippen molar-refractivity contribution in [3.63, 3.8) is 0 Å². The molecule has 0 saturated carbocycles. The fourth-order valence-corrected chi connectivity index (χ4v) is 2.95. The molecule has 0 N–H and O–H groups in total. The molecule has 0 fully saturated rings. The molecule has 0 bridgehead atoms. The molecule has 0 aliphatic carbocycles. The Morgan fingerprint density at radius 1 is 1.08 bits per heavy atom. The molecule has 24 heavy (non-hydrogen) atoms. The fourth-order valence-electron chi connectivity index (χ4n) is 2.83. The molecule has 1 heterocycles. The monoisotopic (exact) mass is 346 g/mol.